The second-order valence-electron chi connectivity index (χ2n) is 6.30. The van der Waals surface area contributed by atoms with Gasteiger partial charge in [0.15, 0.2) is 0 Å². The van der Waals surface area contributed by atoms with E-state index in [1.807, 2.05) is 32.0 Å². The van der Waals surface area contributed by atoms with Gasteiger partial charge in [-0.1, -0.05) is 44.2 Å². The third-order valence-corrected chi connectivity index (χ3v) is 4.61. The molecule has 0 aliphatic carbocycles. The van der Waals surface area contributed by atoms with E-state index < -0.39 is 17.7 Å². The molecule has 1 atom stereocenters. The molecule has 1 saturated heterocycles. The number of pyridine rings is 1. The minimum absolute atomic E-state index is 0.103. The van der Waals surface area contributed by atoms with Crippen molar-refractivity contribution in [3.63, 3.8) is 0 Å². The van der Waals surface area contributed by atoms with E-state index in [2.05, 4.69) is 4.98 Å². The molecule has 5 nitrogen and oxygen atoms in total. The Morgan fingerprint density at radius 1 is 1.12 bits per heavy atom. The zero-order valence-electron chi connectivity index (χ0n) is 15.0. The molecule has 0 radical (unpaired) electrons. The Morgan fingerprint density at radius 2 is 1.85 bits per heavy atom. The standard InChI is InChI=1S/C21H22N2O3/c1-3-13-23-18(16-7-5-6-12-22-16)17(20(25)21(23)26)19(24)15-10-8-14(4-2)9-11-15/h5-12,18,24H,3-4,13H2,1-2H3/b19-17-. The van der Waals surface area contributed by atoms with Crippen LogP contribution in [0.1, 0.15) is 43.1 Å². The maximum Gasteiger partial charge on any atom is 0.295 e. The van der Waals surface area contributed by atoms with Crippen molar-refractivity contribution in [2.24, 2.45) is 0 Å². The quantitative estimate of drug-likeness (QED) is 0.509. The van der Waals surface area contributed by atoms with Crippen LogP contribution >= 0.6 is 0 Å². The van der Waals surface area contributed by atoms with Crippen molar-refractivity contribution in [1.29, 1.82) is 0 Å². The molecule has 0 bridgehead atoms. The Hall–Kier alpha value is -2.95. The summed E-state index contributed by atoms with van der Waals surface area (Å²) in [6, 6.07) is 12.1. The van der Waals surface area contributed by atoms with Crippen LogP contribution in [-0.4, -0.2) is 33.2 Å². The highest BCUT2D eigenvalue weighted by molar-refractivity contribution is 6.46. The summed E-state index contributed by atoms with van der Waals surface area (Å²) in [6.45, 7) is 4.42. The number of benzene rings is 1. The second kappa shape index (κ2) is 7.52. The van der Waals surface area contributed by atoms with Gasteiger partial charge in [-0.3, -0.25) is 14.6 Å². The highest BCUT2D eigenvalue weighted by Crippen LogP contribution is 2.38. The number of amides is 1. The first-order chi connectivity index (χ1) is 12.6. The van der Waals surface area contributed by atoms with Crippen molar-refractivity contribution in [3.8, 4) is 0 Å². The van der Waals surface area contributed by atoms with Crippen LogP contribution in [0.3, 0.4) is 0 Å². The Balaban J connectivity index is 2.14. The zero-order chi connectivity index (χ0) is 18.7. The number of likely N-dealkylation sites (tertiary alicyclic amines) is 1. The predicted octanol–water partition coefficient (Wildman–Crippen LogP) is 3.48. The van der Waals surface area contributed by atoms with E-state index in [9.17, 15) is 14.7 Å². The molecule has 1 N–H and O–H groups in total. The van der Waals surface area contributed by atoms with E-state index in [1.54, 1.807) is 30.5 Å². The molecule has 1 unspecified atom stereocenters. The first-order valence-electron chi connectivity index (χ1n) is 8.87. The first kappa shape index (κ1) is 17.9. The van der Waals surface area contributed by atoms with Crippen LogP contribution < -0.4 is 0 Å². The number of aliphatic hydroxyl groups is 1. The highest BCUT2D eigenvalue weighted by atomic mass is 16.3. The van der Waals surface area contributed by atoms with E-state index in [4.69, 9.17) is 0 Å². The van der Waals surface area contributed by atoms with E-state index in [-0.39, 0.29) is 11.3 Å². The Labute approximate surface area is 153 Å². The molecule has 0 saturated carbocycles. The van der Waals surface area contributed by atoms with Crippen LogP contribution in [0.2, 0.25) is 0 Å². The molecular weight excluding hydrogens is 328 g/mol. The normalized spacial score (nSPS) is 19.2. The van der Waals surface area contributed by atoms with Gasteiger partial charge >= 0.3 is 0 Å². The number of carbonyl (C=O) groups excluding carboxylic acids is 2. The number of aliphatic hydroxyl groups excluding tert-OH is 1. The van der Waals surface area contributed by atoms with Crippen molar-refractivity contribution in [3.05, 3.63) is 71.1 Å². The molecule has 1 aromatic heterocycles. The van der Waals surface area contributed by atoms with Gasteiger partial charge in [0.25, 0.3) is 11.7 Å². The van der Waals surface area contributed by atoms with Crippen LogP contribution in [-0.2, 0) is 16.0 Å². The summed E-state index contributed by atoms with van der Waals surface area (Å²) in [5.41, 5.74) is 2.34. The average molecular weight is 350 g/mol. The van der Waals surface area contributed by atoms with Gasteiger partial charge < -0.3 is 10.0 Å². The summed E-state index contributed by atoms with van der Waals surface area (Å²) in [4.78, 5) is 31.0. The SMILES string of the molecule is CCCN1C(=O)C(=O)/C(=C(\O)c2ccc(CC)cc2)C1c1ccccn1. The highest BCUT2D eigenvalue weighted by Gasteiger charge is 2.46. The molecule has 2 aromatic rings. The summed E-state index contributed by atoms with van der Waals surface area (Å²) >= 11 is 0. The third-order valence-electron chi connectivity index (χ3n) is 4.61. The molecule has 1 fully saturated rings. The number of rotatable bonds is 5. The van der Waals surface area contributed by atoms with Gasteiger partial charge in [0.1, 0.15) is 11.8 Å². The van der Waals surface area contributed by atoms with Crippen LogP contribution in [0.15, 0.2) is 54.2 Å². The Morgan fingerprint density at radius 3 is 2.42 bits per heavy atom. The van der Waals surface area contributed by atoms with Gasteiger partial charge in [0.2, 0.25) is 0 Å². The van der Waals surface area contributed by atoms with Gasteiger partial charge in [-0.15, -0.1) is 0 Å². The molecule has 26 heavy (non-hydrogen) atoms. The molecule has 2 heterocycles. The van der Waals surface area contributed by atoms with Crippen LogP contribution in [0, 0.1) is 0 Å². The number of hydrogen-bond acceptors (Lipinski definition) is 4. The molecule has 3 rings (SSSR count). The van der Waals surface area contributed by atoms with Crippen LogP contribution in [0.5, 0.6) is 0 Å². The number of ketones is 1. The number of hydrogen-bond donors (Lipinski definition) is 1. The average Bonchev–Trinajstić information content (AvgIpc) is 2.93. The molecular formula is C21H22N2O3. The van der Waals surface area contributed by atoms with Crippen LogP contribution in [0.4, 0.5) is 0 Å². The second-order valence-corrected chi connectivity index (χ2v) is 6.30. The summed E-state index contributed by atoms with van der Waals surface area (Å²) in [5.74, 6) is -1.40. The molecule has 0 spiro atoms. The third kappa shape index (κ3) is 3.12. The summed E-state index contributed by atoms with van der Waals surface area (Å²) in [5, 5.41) is 10.8. The number of aromatic nitrogens is 1. The fraction of sp³-hybridized carbons (Fsp3) is 0.286. The fourth-order valence-electron chi connectivity index (χ4n) is 3.25. The van der Waals surface area contributed by atoms with E-state index in [0.29, 0.717) is 24.2 Å². The number of carbonyl (C=O) groups is 2. The van der Waals surface area contributed by atoms with Gasteiger partial charge in [0, 0.05) is 18.3 Å². The topological polar surface area (TPSA) is 70.5 Å². The summed E-state index contributed by atoms with van der Waals surface area (Å²) < 4.78 is 0. The van der Waals surface area contributed by atoms with Crippen molar-refractivity contribution in [2.45, 2.75) is 32.7 Å². The lowest BCUT2D eigenvalue weighted by molar-refractivity contribution is -0.139. The fourth-order valence-corrected chi connectivity index (χ4v) is 3.25. The Kier molecular flexibility index (Phi) is 5.16. The number of aryl methyl sites for hydroxylation is 1. The maximum absolute atomic E-state index is 12.7. The van der Waals surface area contributed by atoms with Crippen molar-refractivity contribution >= 4 is 17.4 Å². The van der Waals surface area contributed by atoms with Crippen molar-refractivity contribution in [2.75, 3.05) is 6.54 Å². The predicted molar refractivity (Wildman–Crippen MR) is 99.4 cm³/mol. The lowest BCUT2D eigenvalue weighted by Gasteiger charge is -2.23. The summed E-state index contributed by atoms with van der Waals surface area (Å²) in [6.07, 6.45) is 3.22. The maximum atomic E-state index is 12.7. The Bertz CT molecular complexity index is 841. The molecule has 134 valence electrons. The number of Topliss-reactive ketones (excluding diaryl/α,β-unsaturated/α-hetero) is 1. The molecule has 1 aromatic carbocycles. The minimum Gasteiger partial charge on any atom is -0.507 e. The van der Waals surface area contributed by atoms with Crippen LogP contribution in [0.25, 0.3) is 5.76 Å². The minimum atomic E-state index is -0.665. The summed E-state index contributed by atoms with van der Waals surface area (Å²) in [7, 11) is 0. The smallest absolute Gasteiger partial charge is 0.295 e. The van der Waals surface area contributed by atoms with Gasteiger partial charge in [0.05, 0.1) is 11.3 Å². The van der Waals surface area contributed by atoms with E-state index in [1.165, 1.54) is 4.90 Å². The lowest BCUT2D eigenvalue weighted by atomic mass is 9.97. The van der Waals surface area contributed by atoms with Gasteiger partial charge in [-0.05, 0) is 30.5 Å². The lowest BCUT2D eigenvalue weighted by Crippen LogP contribution is -2.30. The van der Waals surface area contributed by atoms with Gasteiger partial charge in [-0.25, -0.2) is 0 Å². The zero-order valence-corrected chi connectivity index (χ0v) is 15.0. The monoisotopic (exact) mass is 350 g/mol. The van der Waals surface area contributed by atoms with Crippen molar-refractivity contribution < 1.29 is 14.7 Å². The largest absolute Gasteiger partial charge is 0.507 e. The van der Waals surface area contributed by atoms with Gasteiger partial charge in [-0.2, -0.15) is 0 Å². The van der Waals surface area contributed by atoms with E-state index >= 15 is 0 Å². The molecule has 1 aliphatic rings. The first-order valence-corrected chi connectivity index (χ1v) is 8.87. The number of nitrogens with zero attached hydrogens (tertiary/aromatic N) is 2. The molecule has 1 aliphatic heterocycles. The molecule has 1 amide bonds. The van der Waals surface area contributed by atoms with Crippen molar-refractivity contribution in [1.82, 2.24) is 9.88 Å². The molecule has 5 heteroatoms. The van der Waals surface area contributed by atoms with E-state index in [0.717, 1.165) is 12.0 Å².